The molecule has 2 heterocycles. The monoisotopic (exact) mass is 380 g/mol. The van der Waals surface area contributed by atoms with Crippen molar-refractivity contribution in [3.05, 3.63) is 78.1 Å². The normalized spacial score (nSPS) is 12.0. The minimum atomic E-state index is -1.44. The van der Waals surface area contributed by atoms with Crippen molar-refractivity contribution in [3.8, 4) is 0 Å². The lowest BCUT2D eigenvalue weighted by molar-refractivity contribution is 0.679. The number of rotatable bonds is 4. The number of aromatic nitrogens is 3. The van der Waals surface area contributed by atoms with E-state index < -0.39 is 10.8 Å². The zero-order valence-electron chi connectivity index (χ0n) is 13.5. The molecule has 1 unspecified atom stereocenters. The molecule has 4 aromatic rings. The Bertz CT molecular complexity index is 1090. The predicted molar refractivity (Wildman–Crippen MR) is 103 cm³/mol. The molecular weight excluding hydrogens is 368 g/mol. The number of halogens is 1. The van der Waals surface area contributed by atoms with Crippen molar-refractivity contribution in [3.63, 3.8) is 0 Å². The van der Waals surface area contributed by atoms with Crippen molar-refractivity contribution < 1.29 is 4.21 Å². The molecule has 4 rings (SSSR count). The van der Waals surface area contributed by atoms with E-state index in [1.165, 1.54) is 0 Å². The molecule has 2 aromatic carbocycles. The van der Waals surface area contributed by atoms with Gasteiger partial charge in [0, 0.05) is 38.8 Å². The van der Waals surface area contributed by atoms with Gasteiger partial charge >= 0.3 is 0 Å². The minimum Gasteiger partial charge on any atom is -0.338 e. The Morgan fingerprint density at radius 2 is 1.54 bits per heavy atom. The standard InChI is InChI=1S/C19H13ClN4OS/c20-13-5-7-14(8-6-13)22-18-16-3-1-2-4-17(16)19(24-23-18)26(25)15-9-11-21-12-10-15/h1-12H,(H,22,23). The first-order valence-electron chi connectivity index (χ1n) is 7.82. The van der Waals surface area contributed by atoms with E-state index in [4.69, 9.17) is 11.6 Å². The van der Waals surface area contributed by atoms with Gasteiger partial charge in [-0.05, 0) is 36.4 Å². The lowest BCUT2D eigenvalue weighted by Crippen LogP contribution is -2.03. The topological polar surface area (TPSA) is 67.8 Å². The van der Waals surface area contributed by atoms with Crippen LogP contribution in [0.25, 0.3) is 10.8 Å². The summed E-state index contributed by atoms with van der Waals surface area (Å²) in [6.07, 6.45) is 3.22. The van der Waals surface area contributed by atoms with E-state index in [9.17, 15) is 4.21 Å². The predicted octanol–water partition coefficient (Wildman–Crippen LogP) is 4.59. The highest BCUT2D eigenvalue weighted by Gasteiger charge is 2.16. The Morgan fingerprint density at radius 1 is 0.846 bits per heavy atom. The summed E-state index contributed by atoms with van der Waals surface area (Å²) in [5.41, 5.74) is 0.844. The Balaban J connectivity index is 1.78. The van der Waals surface area contributed by atoms with E-state index in [0.29, 0.717) is 20.8 Å². The van der Waals surface area contributed by atoms with Crippen molar-refractivity contribution in [2.75, 3.05) is 5.32 Å². The maximum Gasteiger partial charge on any atom is 0.162 e. The van der Waals surface area contributed by atoms with E-state index in [1.807, 2.05) is 36.4 Å². The van der Waals surface area contributed by atoms with Crippen LogP contribution in [0, 0.1) is 0 Å². The molecule has 0 bridgehead atoms. The molecule has 0 radical (unpaired) electrons. The number of pyridine rings is 1. The fourth-order valence-electron chi connectivity index (χ4n) is 2.55. The van der Waals surface area contributed by atoms with Crippen LogP contribution in [-0.4, -0.2) is 19.4 Å². The number of hydrogen-bond acceptors (Lipinski definition) is 5. The average molecular weight is 381 g/mol. The summed E-state index contributed by atoms with van der Waals surface area (Å²) in [5.74, 6) is 0.596. The molecule has 0 aliphatic carbocycles. The molecule has 5 nitrogen and oxygen atoms in total. The molecule has 1 N–H and O–H groups in total. The van der Waals surface area contributed by atoms with Gasteiger partial charge in [0.15, 0.2) is 10.8 Å². The van der Waals surface area contributed by atoms with Crippen LogP contribution in [0.3, 0.4) is 0 Å². The average Bonchev–Trinajstić information content (AvgIpc) is 2.70. The minimum absolute atomic E-state index is 0.424. The summed E-state index contributed by atoms with van der Waals surface area (Å²) in [5, 5.41) is 14.5. The van der Waals surface area contributed by atoms with E-state index in [0.717, 1.165) is 16.5 Å². The molecule has 26 heavy (non-hydrogen) atoms. The number of nitrogens with zero attached hydrogens (tertiary/aromatic N) is 3. The molecule has 0 saturated heterocycles. The van der Waals surface area contributed by atoms with E-state index in [2.05, 4.69) is 20.5 Å². The molecule has 0 aliphatic heterocycles. The summed E-state index contributed by atoms with van der Waals surface area (Å²) < 4.78 is 12.9. The molecule has 0 spiro atoms. The SMILES string of the molecule is O=S(c1ccncc1)c1nnc(Nc2ccc(Cl)cc2)c2ccccc12. The second-order valence-electron chi connectivity index (χ2n) is 5.48. The van der Waals surface area contributed by atoms with Crippen LogP contribution in [0.2, 0.25) is 5.02 Å². The Hall–Kier alpha value is -2.83. The van der Waals surface area contributed by atoms with Crippen molar-refractivity contribution in [2.45, 2.75) is 9.92 Å². The number of fused-ring (bicyclic) bond motifs is 1. The highest BCUT2D eigenvalue weighted by Crippen LogP contribution is 2.29. The van der Waals surface area contributed by atoms with E-state index in [1.54, 1.807) is 36.7 Å². The third kappa shape index (κ3) is 3.29. The van der Waals surface area contributed by atoms with Crippen LogP contribution < -0.4 is 5.32 Å². The Kier molecular flexibility index (Phi) is 4.60. The van der Waals surface area contributed by atoms with Gasteiger partial charge in [-0.15, -0.1) is 10.2 Å². The smallest absolute Gasteiger partial charge is 0.162 e. The van der Waals surface area contributed by atoms with Crippen LogP contribution in [0.4, 0.5) is 11.5 Å². The second kappa shape index (κ2) is 7.19. The zero-order valence-corrected chi connectivity index (χ0v) is 15.0. The van der Waals surface area contributed by atoms with Crippen LogP contribution in [0.1, 0.15) is 0 Å². The fraction of sp³-hybridized carbons (Fsp3) is 0. The first-order valence-corrected chi connectivity index (χ1v) is 9.35. The van der Waals surface area contributed by atoms with Gasteiger partial charge < -0.3 is 5.32 Å². The molecular formula is C19H13ClN4OS. The Labute approximate surface area is 157 Å². The molecule has 0 fully saturated rings. The third-order valence-corrected chi connectivity index (χ3v) is 5.40. The molecule has 128 valence electrons. The molecule has 1 atom stereocenters. The van der Waals surface area contributed by atoms with Gasteiger partial charge in [0.25, 0.3) is 0 Å². The first kappa shape index (κ1) is 16.6. The van der Waals surface area contributed by atoms with Crippen LogP contribution in [0.5, 0.6) is 0 Å². The largest absolute Gasteiger partial charge is 0.338 e. The zero-order chi connectivity index (χ0) is 17.9. The Morgan fingerprint density at radius 3 is 2.27 bits per heavy atom. The summed E-state index contributed by atoms with van der Waals surface area (Å²) in [4.78, 5) is 4.60. The molecule has 0 aliphatic rings. The van der Waals surface area contributed by atoms with Crippen LogP contribution >= 0.6 is 11.6 Å². The van der Waals surface area contributed by atoms with Gasteiger partial charge in [0.05, 0.1) is 0 Å². The first-order chi connectivity index (χ1) is 12.7. The third-order valence-electron chi connectivity index (χ3n) is 3.80. The van der Waals surface area contributed by atoms with Gasteiger partial charge in [0.1, 0.15) is 10.8 Å². The molecule has 0 saturated carbocycles. The summed E-state index contributed by atoms with van der Waals surface area (Å²) >= 11 is 5.93. The van der Waals surface area contributed by atoms with Gasteiger partial charge in [0.2, 0.25) is 0 Å². The van der Waals surface area contributed by atoms with E-state index >= 15 is 0 Å². The molecule has 2 aromatic heterocycles. The van der Waals surface area contributed by atoms with E-state index in [-0.39, 0.29) is 0 Å². The van der Waals surface area contributed by atoms with Crippen LogP contribution in [0.15, 0.2) is 83.0 Å². The summed E-state index contributed by atoms with van der Waals surface area (Å²) in [6, 6.07) is 18.4. The number of hydrogen-bond donors (Lipinski definition) is 1. The van der Waals surface area contributed by atoms with Gasteiger partial charge in [-0.1, -0.05) is 35.9 Å². The van der Waals surface area contributed by atoms with Crippen molar-refractivity contribution in [2.24, 2.45) is 0 Å². The lowest BCUT2D eigenvalue weighted by atomic mass is 10.2. The highest BCUT2D eigenvalue weighted by atomic mass is 35.5. The molecule has 7 heteroatoms. The highest BCUT2D eigenvalue weighted by molar-refractivity contribution is 7.85. The van der Waals surface area contributed by atoms with Crippen molar-refractivity contribution >= 4 is 44.7 Å². The van der Waals surface area contributed by atoms with Gasteiger partial charge in [-0.2, -0.15) is 0 Å². The number of benzene rings is 2. The van der Waals surface area contributed by atoms with Crippen molar-refractivity contribution in [1.29, 1.82) is 0 Å². The summed E-state index contributed by atoms with van der Waals surface area (Å²) in [7, 11) is -1.44. The fourth-order valence-corrected chi connectivity index (χ4v) is 3.76. The molecule has 0 amide bonds. The maximum atomic E-state index is 12.9. The number of anilines is 2. The summed E-state index contributed by atoms with van der Waals surface area (Å²) in [6.45, 7) is 0. The second-order valence-corrected chi connectivity index (χ2v) is 7.31. The van der Waals surface area contributed by atoms with Crippen molar-refractivity contribution in [1.82, 2.24) is 15.2 Å². The lowest BCUT2D eigenvalue weighted by Gasteiger charge is -2.11. The quantitative estimate of drug-likeness (QED) is 0.561. The van der Waals surface area contributed by atoms with Crippen LogP contribution in [-0.2, 0) is 10.8 Å². The maximum absolute atomic E-state index is 12.9. The number of nitrogens with one attached hydrogen (secondary N) is 1. The van der Waals surface area contributed by atoms with Gasteiger partial charge in [-0.3, -0.25) is 4.98 Å². The van der Waals surface area contributed by atoms with Gasteiger partial charge in [-0.25, -0.2) is 4.21 Å².